The van der Waals surface area contributed by atoms with Crippen LogP contribution in [0.3, 0.4) is 0 Å². The molecule has 2 aromatic carbocycles. The standard InChI is InChI=1S/C26H27N3OS/c1-16-13-14-20-21(15-16)31-26-22(20)25(30)28-24(29-26)17(2)27-23(18-9-5-3-6-10-18)19-11-7-4-8-12-19/h3-12,16-17,23,27H,13-15H2,1-2H3,(H,28,29,30). The van der Waals surface area contributed by atoms with E-state index in [1.165, 1.54) is 21.6 Å². The monoisotopic (exact) mass is 429 g/mol. The van der Waals surface area contributed by atoms with Crippen molar-refractivity contribution >= 4 is 21.6 Å². The molecule has 2 aromatic heterocycles. The number of thiophene rings is 1. The Balaban J connectivity index is 1.50. The van der Waals surface area contributed by atoms with Gasteiger partial charge >= 0.3 is 0 Å². The maximum atomic E-state index is 13.0. The lowest BCUT2D eigenvalue weighted by molar-refractivity contribution is 0.496. The van der Waals surface area contributed by atoms with Crippen molar-refractivity contribution in [2.75, 3.05) is 0 Å². The second kappa shape index (κ2) is 8.40. The molecule has 0 radical (unpaired) electrons. The molecule has 0 spiro atoms. The Hall–Kier alpha value is -2.76. The molecule has 0 saturated carbocycles. The molecule has 5 heteroatoms. The molecule has 158 valence electrons. The summed E-state index contributed by atoms with van der Waals surface area (Å²) < 4.78 is 0. The fraction of sp³-hybridized carbons (Fsp3) is 0.308. The number of fused-ring (bicyclic) bond motifs is 3. The minimum atomic E-state index is -0.111. The van der Waals surface area contributed by atoms with E-state index in [2.05, 4.69) is 72.7 Å². The van der Waals surface area contributed by atoms with Crippen molar-refractivity contribution in [2.45, 2.75) is 45.2 Å². The van der Waals surface area contributed by atoms with Gasteiger partial charge in [-0.2, -0.15) is 0 Å². The number of rotatable bonds is 5. The Morgan fingerprint density at radius 2 is 1.71 bits per heavy atom. The minimum Gasteiger partial charge on any atom is -0.309 e. The van der Waals surface area contributed by atoms with Gasteiger partial charge in [0.25, 0.3) is 5.56 Å². The van der Waals surface area contributed by atoms with E-state index in [0.29, 0.717) is 11.7 Å². The van der Waals surface area contributed by atoms with Gasteiger partial charge in [0.1, 0.15) is 10.7 Å². The van der Waals surface area contributed by atoms with Crippen molar-refractivity contribution < 1.29 is 0 Å². The number of nitrogens with one attached hydrogen (secondary N) is 2. The molecule has 2 heterocycles. The van der Waals surface area contributed by atoms with Crippen LogP contribution in [0, 0.1) is 5.92 Å². The zero-order valence-corrected chi connectivity index (χ0v) is 18.7. The predicted octanol–water partition coefficient (Wildman–Crippen LogP) is 5.55. The third-order valence-electron chi connectivity index (χ3n) is 6.28. The van der Waals surface area contributed by atoms with Crippen LogP contribution in [0.15, 0.2) is 65.5 Å². The molecule has 0 bridgehead atoms. The van der Waals surface area contributed by atoms with Gasteiger partial charge in [0.05, 0.1) is 17.5 Å². The summed E-state index contributed by atoms with van der Waals surface area (Å²) in [6.07, 6.45) is 3.19. The molecule has 1 aliphatic carbocycles. The number of aryl methyl sites for hydroxylation is 1. The molecular formula is C26H27N3OS. The SMILES string of the molecule is CC1CCc2c(sc3nc(C(C)NC(c4ccccc4)c4ccccc4)[nH]c(=O)c23)C1. The van der Waals surface area contributed by atoms with Crippen molar-refractivity contribution in [3.05, 3.63) is 98.4 Å². The first-order valence-corrected chi connectivity index (χ1v) is 11.8. The number of aromatic nitrogens is 2. The first-order valence-electron chi connectivity index (χ1n) is 11.0. The smallest absolute Gasteiger partial charge is 0.259 e. The maximum Gasteiger partial charge on any atom is 0.259 e. The number of benzene rings is 2. The van der Waals surface area contributed by atoms with Crippen LogP contribution < -0.4 is 10.9 Å². The lowest BCUT2D eigenvalue weighted by atomic mass is 9.89. The summed E-state index contributed by atoms with van der Waals surface area (Å²) in [4.78, 5) is 23.2. The third kappa shape index (κ3) is 3.95. The van der Waals surface area contributed by atoms with E-state index in [1.807, 2.05) is 12.1 Å². The Morgan fingerprint density at radius 3 is 2.35 bits per heavy atom. The summed E-state index contributed by atoms with van der Waals surface area (Å²) in [5.74, 6) is 1.37. The molecule has 0 saturated heterocycles. The van der Waals surface area contributed by atoms with E-state index < -0.39 is 0 Å². The molecular weight excluding hydrogens is 402 g/mol. The average molecular weight is 430 g/mol. The summed E-state index contributed by atoms with van der Waals surface area (Å²) in [5, 5.41) is 4.51. The van der Waals surface area contributed by atoms with Gasteiger partial charge < -0.3 is 4.98 Å². The Bertz CT molecular complexity index is 1210. The van der Waals surface area contributed by atoms with Crippen molar-refractivity contribution in [1.82, 2.24) is 15.3 Å². The van der Waals surface area contributed by atoms with Gasteiger partial charge in [-0.15, -0.1) is 11.3 Å². The largest absolute Gasteiger partial charge is 0.309 e. The van der Waals surface area contributed by atoms with E-state index in [-0.39, 0.29) is 17.6 Å². The summed E-state index contributed by atoms with van der Waals surface area (Å²) >= 11 is 1.70. The number of H-pyrrole nitrogens is 1. The molecule has 4 nitrogen and oxygen atoms in total. The zero-order chi connectivity index (χ0) is 21.4. The van der Waals surface area contributed by atoms with Crippen LogP contribution in [0.5, 0.6) is 0 Å². The van der Waals surface area contributed by atoms with Crippen LogP contribution in [-0.4, -0.2) is 9.97 Å². The molecule has 2 atom stereocenters. The van der Waals surface area contributed by atoms with Crippen LogP contribution in [0.25, 0.3) is 10.2 Å². The topological polar surface area (TPSA) is 57.8 Å². The summed E-state index contributed by atoms with van der Waals surface area (Å²) in [7, 11) is 0. The fourth-order valence-electron chi connectivity index (χ4n) is 4.58. The first-order chi connectivity index (χ1) is 15.1. The molecule has 2 unspecified atom stereocenters. The van der Waals surface area contributed by atoms with Gasteiger partial charge in [-0.3, -0.25) is 10.1 Å². The quantitative estimate of drug-likeness (QED) is 0.437. The highest BCUT2D eigenvalue weighted by Gasteiger charge is 2.24. The summed E-state index contributed by atoms with van der Waals surface area (Å²) in [6, 6.07) is 20.7. The van der Waals surface area contributed by atoms with Gasteiger partial charge in [0, 0.05) is 4.88 Å². The van der Waals surface area contributed by atoms with Crippen molar-refractivity contribution in [1.29, 1.82) is 0 Å². The van der Waals surface area contributed by atoms with Gasteiger partial charge in [-0.25, -0.2) is 4.98 Å². The molecule has 5 rings (SSSR count). The molecule has 2 N–H and O–H groups in total. The second-order valence-corrected chi connectivity index (χ2v) is 9.71. The Kier molecular flexibility index (Phi) is 5.47. The third-order valence-corrected chi connectivity index (χ3v) is 7.42. The van der Waals surface area contributed by atoms with Crippen LogP contribution in [-0.2, 0) is 12.8 Å². The van der Waals surface area contributed by atoms with E-state index in [9.17, 15) is 4.79 Å². The van der Waals surface area contributed by atoms with Crippen LogP contribution >= 0.6 is 11.3 Å². The number of nitrogens with zero attached hydrogens (tertiary/aromatic N) is 1. The molecule has 1 aliphatic rings. The lowest BCUT2D eigenvalue weighted by Crippen LogP contribution is -2.28. The average Bonchev–Trinajstić information content (AvgIpc) is 3.16. The normalized spacial score (nSPS) is 17.1. The van der Waals surface area contributed by atoms with Crippen LogP contribution in [0.4, 0.5) is 0 Å². The van der Waals surface area contributed by atoms with Crippen molar-refractivity contribution in [3.63, 3.8) is 0 Å². The van der Waals surface area contributed by atoms with E-state index >= 15 is 0 Å². The van der Waals surface area contributed by atoms with Crippen molar-refractivity contribution in [3.8, 4) is 0 Å². The fourth-order valence-corrected chi connectivity index (χ4v) is 5.97. The highest BCUT2D eigenvalue weighted by atomic mass is 32.1. The van der Waals surface area contributed by atoms with Crippen LogP contribution in [0.1, 0.15) is 59.7 Å². The number of aromatic amines is 1. The Labute approximate surface area is 186 Å². The Morgan fingerprint density at radius 1 is 1.06 bits per heavy atom. The van der Waals surface area contributed by atoms with Gasteiger partial charge in [-0.05, 0) is 48.8 Å². The molecule has 31 heavy (non-hydrogen) atoms. The summed E-state index contributed by atoms with van der Waals surface area (Å²) in [5.41, 5.74) is 3.59. The maximum absolute atomic E-state index is 13.0. The summed E-state index contributed by atoms with van der Waals surface area (Å²) in [6.45, 7) is 4.36. The predicted molar refractivity (Wildman–Crippen MR) is 128 cm³/mol. The van der Waals surface area contributed by atoms with Crippen molar-refractivity contribution in [2.24, 2.45) is 5.92 Å². The molecule has 4 aromatic rings. The number of hydrogen-bond donors (Lipinski definition) is 2. The molecule has 0 aliphatic heterocycles. The van der Waals surface area contributed by atoms with E-state index in [1.54, 1.807) is 11.3 Å². The van der Waals surface area contributed by atoms with Gasteiger partial charge in [-0.1, -0.05) is 67.6 Å². The number of hydrogen-bond acceptors (Lipinski definition) is 4. The highest BCUT2D eigenvalue weighted by Crippen LogP contribution is 2.36. The highest BCUT2D eigenvalue weighted by molar-refractivity contribution is 7.18. The second-order valence-electron chi connectivity index (χ2n) is 8.63. The molecule has 0 fully saturated rings. The molecule has 0 amide bonds. The first kappa shape index (κ1) is 20.2. The zero-order valence-electron chi connectivity index (χ0n) is 17.9. The van der Waals surface area contributed by atoms with E-state index in [4.69, 9.17) is 4.98 Å². The van der Waals surface area contributed by atoms with E-state index in [0.717, 1.165) is 29.5 Å². The lowest BCUT2D eigenvalue weighted by Gasteiger charge is -2.24. The van der Waals surface area contributed by atoms with Gasteiger partial charge in [0.2, 0.25) is 0 Å². The van der Waals surface area contributed by atoms with Gasteiger partial charge in [0.15, 0.2) is 0 Å². The minimum absolute atomic E-state index is 0.00308. The van der Waals surface area contributed by atoms with Crippen LogP contribution in [0.2, 0.25) is 0 Å².